The summed E-state index contributed by atoms with van der Waals surface area (Å²) in [5.74, 6) is 4.86. The number of aldehydes is 1. The molecule has 0 aromatic rings. The number of amides is 1. The molecule has 0 aliphatic heterocycles. The van der Waals surface area contributed by atoms with Gasteiger partial charge in [0.1, 0.15) is 6.10 Å². The molecule has 1 amide bonds. The highest BCUT2D eigenvalue weighted by Crippen LogP contribution is 1.89. The van der Waals surface area contributed by atoms with E-state index in [4.69, 9.17) is 10.2 Å². The van der Waals surface area contributed by atoms with Crippen LogP contribution in [0.5, 0.6) is 0 Å². The summed E-state index contributed by atoms with van der Waals surface area (Å²) in [4.78, 5) is 21.1. The summed E-state index contributed by atoms with van der Waals surface area (Å²) in [5.41, 5.74) is 0. The van der Waals surface area contributed by atoms with E-state index in [1.807, 2.05) is 13.8 Å². The minimum absolute atomic E-state index is 0.0830. The highest BCUT2D eigenvalue weighted by molar-refractivity contribution is 5.84. The molecule has 0 fully saturated rings. The highest BCUT2D eigenvalue weighted by atomic mass is 16.3. The van der Waals surface area contributed by atoms with Crippen LogP contribution in [0.2, 0.25) is 0 Å². The molecule has 5 nitrogen and oxygen atoms in total. The predicted molar refractivity (Wildman–Crippen MR) is 53.7 cm³/mol. The third kappa shape index (κ3) is 5.83. The third-order valence-electron chi connectivity index (χ3n) is 1.47. The molecule has 0 rings (SSSR count). The Hall–Kier alpha value is -1.38. The molecule has 2 atom stereocenters. The lowest BCUT2D eigenvalue weighted by Gasteiger charge is -2.10. The second-order valence-corrected chi connectivity index (χ2v) is 3.27. The van der Waals surface area contributed by atoms with Crippen molar-refractivity contribution in [2.45, 2.75) is 26.1 Å². The Balaban J connectivity index is 3.95. The molecule has 0 spiro atoms. The maximum atomic E-state index is 11.0. The molecule has 0 radical (unpaired) electrons. The Kier molecular flexibility index (Phi) is 6.34. The van der Waals surface area contributed by atoms with Gasteiger partial charge < -0.3 is 20.3 Å². The van der Waals surface area contributed by atoms with E-state index in [1.54, 1.807) is 0 Å². The second-order valence-electron chi connectivity index (χ2n) is 3.27. The van der Waals surface area contributed by atoms with Gasteiger partial charge in [-0.2, -0.15) is 0 Å². The lowest BCUT2D eigenvalue weighted by molar-refractivity contribution is -0.139. The molecule has 5 heteroatoms. The summed E-state index contributed by atoms with van der Waals surface area (Å²) in [5, 5.41) is 20.2. The molecule has 0 bridgehead atoms. The van der Waals surface area contributed by atoms with Crippen LogP contribution in [-0.2, 0) is 9.59 Å². The van der Waals surface area contributed by atoms with Crippen molar-refractivity contribution in [1.29, 1.82) is 0 Å². The van der Waals surface area contributed by atoms with Gasteiger partial charge in [0.2, 0.25) is 0 Å². The van der Waals surface area contributed by atoms with Gasteiger partial charge in [0.15, 0.2) is 12.4 Å². The maximum Gasteiger partial charge on any atom is 0.252 e. The van der Waals surface area contributed by atoms with Gasteiger partial charge >= 0.3 is 0 Å². The number of rotatable bonds is 4. The SMILES string of the molecule is CC(C)C#CCNC(=O)C(O)C(O)C=O. The van der Waals surface area contributed by atoms with E-state index in [-0.39, 0.29) is 18.7 Å². The minimum Gasteiger partial charge on any atom is -0.382 e. The van der Waals surface area contributed by atoms with Crippen LogP contribution in [0.3, 0.4) is 0 Å². The van der Waals surface area contributed by atoms with Crippen molar-refractivity contribution in [3.05, 3.63) is 0 Å². The van der Waals surface area contributed by atoms with Crippen LogP contribution < -0.4 is 5.32 Å². The largest absolute Gasteiger partial charge is 0.382 e. The summed E-state index contributed by atoms with van der Waals surface area (Å²) in [6, 6.07) is 0. The van der Waals surface area contributed by atoms with Crippen LogP contribution in [0.25, 0.3) is 0 Å². The average Bonchev–Trinajstić information content (AvgIpc) is 2.21. The van der Waals surface area contributed by atoms with Crippen LogP contribution in [0.4, 0.5) is 0 Å². The van der Waals surface area contributed by atoms with Crippen LogP contribution in [0.1, 0.15) is 13.8 Å². The molecule has 84 valence electrons. The second kappa shape index (κ2) is 6.98. The smallest absolute Gasteiger partial charge is 0.252 e. The summed E-state index contributed by atoms with van der Waals surface area (Å²) in [7, 11) is 0. The molecule has 15 heavy (non-hydrogen) atoms. The fourth-order valence-corrected chi connectivity index (χ4v) is 0.721. The van der Waals surface area contributed by atoms with Gasteiger partial charge in [0, 0.05) is 5.92 Å². The molecule has 0 heterocycles. The predicted octanol–water partition coefficient (Wildman–Crippen LogP) is -1.32. The van der Waals surface area contributed by atoms with Gasteiger partial charge in [-0.3, -0.25) is 4.79 Å². The van der Waals surface area contributed by atoms with E-state index in [2.05, 4.69) is 17.2 Å². The van der Waals surface area contributed by atoms with Crippen LogP contribution in [-0.4, -0.2) is 41.2 Å². The lowest BCUT2D eigenvalue weighted by Crippen LogP contribution is -2.42. The summed E-state index contributed by atoms with van der Waals surface area (Å²) >= 11 is 0. The monoisotopic (exact) mass is 213 g/mol. The first-order valence-corrected chi connectivity index (χ1v) is 4.56. The maximum absolute atomic E-state index is 11.0. The number of carbonyl (C=O) groups excluding carboxylic acids is 2. The van der Waals surface area contributed by atoms with Crippen molar-refractivity contribution in [3.63, 3.8) is 0 Å². The number of hydrogen-bond acceptors (Lipinski definition) is 4. The fraction of sp³-hybridized carbons (Fsp3) is 0.600. The molecular weight excluding hydrogens is 198 g/mol. The summed E-state index contributed by atoms with van der Waals surface area (Å²) < 4.78 is 0. The van der Waals surface area contributed by atoms with Gasteiger partial charge in [0.25, 0.3) is 5.91 Å². The van der Waals surface area contributed by atoms with Gasteiger partial charge in [-0.15, -0.1) is 0 Å². The fourth-order valence-electron chi connectivity index (χ4n) is 0.721. The van der Waals surface area contributed by atoms with Gasteiger partial charge in [-0.1, -0.05) is 25.7 Å². The standard InChI is InChI=1S/C10H15NO4/c1-7(2)4-3-5-11-10(15)9(14)8(13)6-12/h6-9,13-14H,5H2,1-2H3,(H,11,15). The van der Waals surface area contributed by atoms with E-state index >= 15 is 0 Å². The Labute approximate surface area is 88.5 Å². The van der Waals surface area contributed by atoms with Gasteiger partial charge in [-0.25, -0.2) is 0 Å². The zero-order valence-corrected chi connectivity index (χ0v) is 8.73. The molecule has 2 unspecified atom stereocenters. The van der Waals surface area contributed by atoms with Crippen molar-refractivity contribution >= 4 is 12.2 Å². The Morgan fingerprint density at radius 1 is 1.47 bits per heavy atom. The van der Waals surface area contributed by atoms with E-state index in [9.17, 15) is 9.59 Å². The van der Waals surface area contributed by atoms with Crippen LogP contribution >= 0.6 is 0 Å². The molecule has 3 N–H and O–H groups in total. The van der Waals surface area contributed by atoms with E-state index in [0.29, 0.717) is 0 Å². The molecule has 0 aromatic heterocycles. The first-order valence-electron chi connectivity index (χ1n) is 4.56. The molecule has 0 saturated carbocycles. The molecule has 0 aromatic carbocycles. The normalized spacial score (nSPS) is 13.7. The average molecular weight is 213 g/mol. The topological polar surface area (TPSA) is 86.6 Å². The van der Waals surface area contributed by atoms with Gasteiger partial charge in [-0.05, 0) is 0 Å². The lowest BCUT2D eigenvalue weighted by atomic mass is 10.2. The Morgan fingerprint density at radius 2 is 2.07 bits per heavy atom. The zero-order valence-electron chi connectivity index (χ0n) is 8.73. The molecule has 0 aliphatic carbocycles. The minimum atomic E-state index is -1.73. The molecule has 0 saturated heterocycles. The van der Waals surface area contributed by atoms with E-state index < -0.39 is 18.1 Å². The first-order chi connectivity index (χ1) is 6.99. The van der Waals surface area contributed by atoms with Crippen LogP contribution in [0, 0.1) is 17.8 Å². The van der Waals surface area contributed by atoms with E-state index in [0.717, 1.165) is 0 Å². The molecule has 0 aliphatic rings. The van der Waals surface area contributed by atoms with Crippen LogP contribution in [0.15, 0.2) is 0 Å². The van der Waals surface area contributed by atoms with Crippen molar-refractivity contribution in [1.82, 2.24) is 5.32 Å². The Morgan fingerprint density at radius 3 is 2.53 bits per heavy atom. The van der Waals surface area contributed by atoms with Crippen molar-refractivity contribution in [2.75, 3.05) is 6.54 Å². The summed E-state index contributed by atoms with van der Waals surface area (Å²) in [6.07, 6.45) is -3.32. The number of nitrogens with one attached hydrogen (secondary N) is 1. The van der Waals surface area contributed by atoms with Crippen molar-refractivity contribution < 1.29 is 19.8 Å². The quantitative estimate of drug-likeness (QED) is 0.399. The van der Waals surface area contributed by atoms with Crippen molar-refractivity contribution in [3.8, 4) is 11.8 Å². The Bertz CT molecular complexity index is 277. The third-order valence-corrected chi connectivity index (χ3v) is 1.47. The van der Waals surface area contributed by atoms with Crippen molar-refractivity contribution in [2.24, 2.45) is 5.92 Å². The molecular formula is C10H15NO4. The van der Waals surface area contributed by atoms with E-state index in [1.165, 1.54) is 0 Å². The van der Waals surface area contributed by atoms with Gasteiger partial charge in [0.05, 0.1) is 6.54 Å². The number of aliphatic hydroxyl groups excluding tert-OH is 2. The highest BCUT2D eigenvalue weighted by Gasteiger charge is 2.22. The zero-order chi connectivity index (χ0) is 11.8. The first kappa shape index (κ1) is 13.6. The number of aliphatic hydroxyl groups is 2. The number of hydrogen-bond donors (Lipinski definition) is 3. The summed E-state index contributed by atoms with van der Waals surface area (Å²) in [6.45, 7) is 3.89. The number of carbonyl (C=O) groups is 2.